The molecule has 31 heavy (non-hydrogen) atoms. The first-order valence-corrected chi connectivity index (χ1v) is 11.5. The van der Waals surface area contributed by atoms with E-state index in [-0.39, 0.29) is 23.8 Å². The summed E-state index contributed by atoms with van der Waals surface area (Å²) in [5, 5.41) is 12.0. The maximum absolute atomic E-state index is 13.1. The van der Waals surface area contributed by atoms with Crippen molar-refractivity contribution in [3.63, 3.8) is 0 Å². The fourth-order valence-corrected chi connectivity index (χ4v) is 3.71. The van der Waals surface area contributed by atoms with Gasteiger partial charge in [0.1, 0.15) is 12.1 Å². The summed E-state index contributed by atoms with van der Waals surface area (Å²) in [5.41, 5.74) is 0.947. The first kappa shape index (κ1) is 24.9. The van der Waals surface area contributed by atoms with Crippen molar-refractivity contribution < 1.29 is 14.4 Å². The quantitative estimate of drug-likeness (QED) is 0.586. The highest BCUT2D eigenvalue weighted by atomic mass is 16.2. The van der Waals surface area contributed by atoms with Crippen molar-refractivity contribution in [1.29, 1.82) is 0 Å². The van der Waals surface area contributed by atoms with Gasteiger partial charge in [-0.3, -0.25) is 14.4 Å². The van der Waals surface area contributed by atoms with Crippen LogP contribution in [0.25, 0.3) is 0 Å². The van der Waals surface area contributed by atoms with E-state index in [0.717, 1.165) is 37.8 Å². The van der Waals surface area contributed by atoms with E-state index in [1.54, 1.807) is 6.92 Å². The lowest BCUT2D eigenvalue weighted by Crippen LogP contribution is -2.56. The Bertz CT molecular complexity index is 708. The van der Waals surface area contributed by atoms with Gasteiger partial charge >= 0.3 is 0 Å². The first-order chi connectivity index (χ1) is 14.9. The van der Waals surface area contributed by atoms with E-state index in [0.29, 0.717) is 25.3 Å². The Labute approximate surface area is 186 Å². The van der Waals surface area contributed by atoms with Gasteiger partial charge in [-0.25, -0.2) is 0 Å². The molecule has 0 unspecified atom stereocenters. The number of carbonyl (C=O) groups excluding carboxylic acids is 3. The largest absolute Gasteiger partial charge is 0.354 e. The van der Waals surface area contributed by atoms with Gasteiger partial charge in [-0.05, 0) is 44.2 Å². The highest BCUT2D eigenvalue weighted by molar-refractivity contribution is 5.93. The molecule has 0 radical (unpaired) electrons. The Balaban J connectivity index is 2.19. The SMILES string of the molecule is CC(C)C[C@@H]1NCCCCCCNC(=O)[C@H](C)NC(=O)[C@H](Cc2ccccc2)NC1=O. The van der Waals surface area contributed by atoms with Crippen LogP contribution in [0.2, 0.25) is 0 Å². The third-order valence-corrected chi connectivity index (χ3v) is 5.48. The van der Waals surface area contributed by atoms with Crippen LogP contribution in [0, 0.1) is 5.92 Å². The lowest BCUT2D eigenvalue weighted by Gasteiger charge is -2.25. The second-order valence-corrected chi connectivity index (χ2v) is 8.82. The highest BCUT2D eigenvalue weighted by Crippen LogP contribution is 2.09. The predicted molar refractivity (Wildman–Crippen MR) is 122 cm³/mol. The summed E-state index contributed by atoms with van der Waals surface area (Å²) in [7, 11) is 0. The Kier molecular flexibility index (Phi) is 10.5. The van der Waals surface area contributed by atoms with E-state index in [2.05, 4.69) is 35.1 Å². The van der Waals surface area contributed by atoms with E-state index >= 15 is 0 Å². The molecular formula is C24H38N4O3. The molecule has 0 bridgehead atoms. The van der Waals surface area contributed by atoms with Gasteiger partial charge in [-0.2, -0.15) is 0 Å². The van der Waals surface area contributed by atoms with Crippen LogP contribution in [-0.2, 0) is 20.8 Å². The van der Waals surface area contributed by atoms with E-state index in [1.165, 1.54) is 0 Å². The Morgan fingerprint density at radius 2 is 1.48 bits per heavy atom. The maximum atomic E-state index is 13.1. The lowest BCUT2D eigenvalue weighted by molar-refractivity contribution is -0.132. The lowest BCUT2D eigenvalue weighted by atomic mass is 10.0. The van der Waals surface area contributed by atoms with Gasteiger partial charge in [0.15, 0.2) is 0 Å². The van der Waals surface area contributed by atoms with Gasteiger partial charge in [-0.1, -0.05) is 57.0 Å². The molecule has 1 aliphatic rings. The zero-order chi connectivity index (χ0) is 22.6. The van der Waals surface area contributed by atoms with Crippen molar-refractivity contribution in [2.45, 2.75) is 77.4 Å². The van der Waals surface area contributed by atoms with Crippen LogP contribution in [0.4, 0.5) is 0 Å². The molecule has 3 amide bonds. The monoisotopic (exact) mass is 430 g/mol. The number of rotatable bonds is 4. The zero-order valence-electron chi connectivity index (χ0n) is 19.1. The van der Waals surface area contributed by atoms with Crippen molar-refractivity contribution in [2.24, 2.45) is 5.92 Å². The van der Waals surface area contributed by atoms with Crippen LogP contribution in [-0.4, -0.2) is 48.9 Å². The second kappa shape index (κ2) is 13.1. The van der Waals surface area contributed by atoms with Crippen molar-refractivity contribution in [1.82, 2.24) is 21.3 Å². The molecule has 2 rings (SSSR count). The molecule has 0 saturated carbocycles. The van der Waals surface area contributed by atoms with Gasteiger partial charge in [0.25, 0.3) is 0 Å². The van der Waals surface area contributed by atoms with Crippen molar-refractivity contribution in [3.05, 3.63) is 35.9 Å². The van der Waals surface area contributed by atoms with Crippen molar-refractivity contribution in [2.75, 3.05) is 13.1 Å². The highest BCUT2D eigenvalue weighted by Gasteiger charge is 2.28. The summed E-state index contributed by atoms with van der Waals surface area (Å²) < 4.78 is 0. The molecule has 172 valence electrons. The predicted octanol–water partition coefficient (Wildman–Crippen LogP) is 1.91. The number of hydrogen-bond donors (Lipinski definition) is 4. The van der Waals surface area contributed by atoms with Gasteiger partial charge in [-0.15, -0.1) is 0 Å². The minimum Gasteiger partial charge on any atom is -0.354 e. The van der Waals surface area contributed by atoms with Crippen LogP contribution < -0.4 is 21.3 Å². The Hall–Kier alpha value is -2.41. The minimum absolute atomic E-state index is 0.172. The minimum atomic E-state index is -0.755. The van der Waals surface area contributed by atoms with Gasteiger partial charge in [0, 0.05) is 13.0 Å². The summed E-state index contributed by atoms with van der Waals surface area (Å²) in [6, 6.07) is 7.81. The summed E-state index contributed by atoms with van der Waals surface area (Å²) in [6.07, 6.45) is 5.00. The van der Waals surface area contributed by atoms with Crippen LogP contribution in [0.15, 0.2) is 30.3 Å². The molecule has 7 heteroatoms. The summed E-state index contributed by atoms with van der Waals surface area (Å²) in [6.45, 7) is 7.20. The number of carbonyl (C=O) groups is 3. The van der Waals surface area contributed by atoms with Crippen LogP contribution in [0.3, 0.4) is 0 Å². The zero-order valence-corrected chi connectivity index (χ0v) is 19.1. The summed E-state index contributed by atoms with van der Waals surface area (Å²) in [4.78, 5) is 38.4. The van der Waals surface area contributed by atoms with Crippen LogP contribution >= 0.6 is 0 Å². The number of amides is 3. The average Bonchev–Trinajstić information content (AvgIpc) is 2.73. The molecule has 0 spiro atoms. The fraction of sp³-hybridized carbons (Fsp3) is 0.625. The molecule has 1 aromatic rings. The molecule has 0 aliphatic carbocycles. The molecule has 1 heterocycles. The van der Waals surface area contributed by atoms with Crippen molar-refractivity contribution >= 4 is 17.7 Å². The Morgan fingerprint density at radius 1 is 0.839 bits per heavy atom. The molecule has 1 saturated heterocycles. The van der Waals surface area contributed by atoms with Gasteiger partial charge < -0.3 is 21.3 Å². The molecule has 3 atom stereocenters. The summed E-state index contributed by atoms with van der Waals surface area (Å²) >= 11 is 0. The molecule has 1 fully saturated rings. The van der Waals surface area contributed by atoms with E-state index in [4.69, 9.17) is 0 Å². The molecule has 1 aliphatic heterocycles. The molecule has 7 nitrogen and oxygen atoms in total. The van der Waals surface area contributed by atoms with Gasteiger partial charge in [0.05, 0.1) is 6.04 Å². The van der Waals surface area contributed by atoms with E-state index in [1.807, 2.05) is 30.3 Å². The van der Waals surface area contributed by atoms with Crippen LogP contribution in [0.5, 0.6) is 0 Å². The summed E-state index contributed by atoms with van der Waals surface area (Å²) in [5.74, 6) is -0.382. The average molecular weight is 431 g/mol. The van der Waals surface area contributed by atoms with Crippen LogP contribution in [0.1, 0.15) is 58.4 Å². The topological polar surface area (TPSA) is 99.3 Å². The third-order valence-electron chi connectivity index (χ3n) is 5.48. The molecule has 0 aromatic heterocycles. The standard InChI is InChI=1S/C24H38N4O3/c1-17(2)15-20-23(30)28-21(16-19-11-7-6-8-12-19)24(31)27-18(3)22(29)26-14-10-5-4-9-13-25-20/h6-8,11-12,17-18,20-21,25H,4-5,9-10,13-16H2,1-3H3,(H,26,29)(H,27,31)(H,28,30)/t18-,20-,21-/m0/s1. The van der Waals surface area contributed by atoms with E-state index < -0.39 is 12.1 Å². The molecule has 4 N–H and O–H groups in total. The van der Waals surface area contributed by atoms with Crippen molar-refractivity contribution in [3.8, 4) is 0 Å². The van der Waals surface area contributed by atoms with E-state index in [9.17, 15) is 14.4 Å². The second-order valence-electron chi connectivity index (χ2n) is 8.82. The number of benzene rings is 1. The number of nitrogens with one attached hydrogen (secondary N) is 4. The smallest absolute Gasteiger partial charge is 0.243 e. The Morgan fingerprint density at radius 3 is 2.16 bits per heavy atom. The first-order valence-electron chi connectivity index (χ1n) is 11.5. The normalized spacial score (nSPS) is 24.9. The number of hydrogen-bond acceptors (Lipinski definition) is 4. The molecular weight excluding hydrogens is 392 g/mol. The maximum Gasteiger partial charge on any atom is 0.243 e. The molecule has 1 aromatic carbocycles. The fourth-order valence-electron chi connectivity index (χ4n) is 3.71. The van der Waals surface area contributed by atoms with Gasteiger partial charge in [0.2, 0.25) is 17.7 Å². The third kappa shape index (κ3) is 9.09.